The molecule has 0 unspecified atom stereocenters. The minimum absolute atomic E-state index is 0.216. The molecule has 0 aliphatic heterocycles. The molecule has 2 aliphatic carbocycles. The Labute approximate surface area is 105 Å². The molecule has 0 radical (unpaired) electrons. The van der Waals surface area contributed by atoms with Crippen molar-refractivity contribution >= 4 is 5.91 Å². The molecule has 98 valence electrons. The third-order valence-electron chi connectivity index (χ3n) is 4.92. The average Bonchev–Trinajstić information content (AvgIpc) is 2.34. The van der Waals surface area contributed by atoms with Crippen molar-refractivity contribution in [2.75, 3.05) is 13.1 Å². The van der Waals surface area contributed by atoms with E-state index in [0.717, 1.165) is 32.2 Å². The van der Waals surface area contributed by atoms with Crippen molar-refractivity contribution in [3.63, 3.8) is 0 Å². The number of nitrogens with two attached hydrogens (primary N) is 1. The van der Waals surface area contributed by atoms with Gasteiger partial charge in [0.05, 0.1) is 5.41 Å². The highest BCUT2D eigenvalue weighted by Crippen LogP contribution is 2.40. The first kappa shape index (κ1) is 12.9. The van der Waals surface area contributed by atoms with Crippen LogP contribution in [0.2, 0.25) is 0 Å². The van der Waals surface area contributed by atoms with Crippen molar-refractivity contribution in [2.45, 2.75) is 58.3 Å². The quantitative estimate of drug-likeness (QED) is 0.789. The van der Waals surface area contributed by atoms with Crippen molar-refractivity contribution in [3.05, 3.63) is 0 Å². The van der Waals surface area contributed by atoms with Gasteiger partial charge in [0.25, 0.3) is 0 Å². The fourth-order valence-corrected chi connectivity index (χ4v) is 3.19. The van der Waals surface area contributed by atoms with Gasteiger partial charge < -0.3 is 11.1 Å². The Morgan fingerprint density at radius 3 is 2.24 bits per heavy atom. The highest BCUT2D eigenvalue weighted by molar-refractivity contribution is 5.83. The van der Waals surface area contributed by atoms with E-state index in [1.807, 2.05) is 0 Å². The Morgan fingerprint density at radius 2 is 1.76 bits per heavy atom. The Kier molecular flexibility index (Phi) is 3.76. The fraction of sp³-hybridized carbons (Fsp3) is 0.929. The number of rotatable bonds is 4. The Morgan fingerprint density at radius 1 is 1.12 bits per heavy atom. The van der Waals surface area contributed by atoms with Crippen LogP contribution in [0.5, 0.6) is 0 Å². The molecule has 2 rings (SSSR count). The monoisotopic (exact) mass is 238 g/mol. The lowest BCUT2D eigenvalue weighted by atomic mass is 9.69. The highest BCUT2D eigenvalue weighted by atomic mass is 16.2. The first-order valence-corrected chi connectivity index (χ1v) is 7.09. The minimum atomic E-state index is -0.252. The molecule has 2 fully saturated rings. The molecule has 0 aromatic rings. The van der Waals surface area contributed by atoms with Gasteiger partial charge >= 0.3 is 0 Å². The summed E-state index contributed by atoms with van der Waals surface area (Å²) in [5.74, 6) is 0.216. The van der Waals surface area contributed by atoms with E-state index in [9.17, 15) is 4.79 Å². The summed E-state index contributed by atoms with van der Waals surface area (Å²) in [5.41, 5.74) is 5.97. The molecule has 2 saturated carbocycles. The summed E-state index contributed by atoms with van der Waals surface area (Å²) in [7, 11) is 0. The Hall–Kier alpha value is -0.570. The average molecular weight is 238 g/mol. The lowest BCUT2D eigenvalue weighted by molar-refractivity contribution is -0.133. The van der Waals surface area contributed by atoms with Gasteiger partial charge in [-0.2, -0.15) is 0 Å². The topological polar surface area (TPSA) is 55.1 Å². The third-order valence-corrected chi connectivity index (χ3v) is 4.92. The van der Waals surface area contributed by atoms with Gasteiger partial charge in [0.1, 0.15) is 0 Å². The van der Waals surface area contributed by atoms with Gasteiger partial charge in [-0.3, -0.25) is 4.79 Å². The van der Waals surface area contributed by atoms with Gasteiger partial charge in [0.15, 0.2) is 0 Å². The molecule has 3 N–H and O–H groups in total. The van der Waals surface area contributed by atoms with Crippen LogP contribution in [0.3, 0.4) is 0 Å². The second kappa shape index (κ2) is 4.97. The van der Waals surface area contributed by atoms with Crippen molar-refractivity contribution in [3.8, 4) is 0 Å². The van der Waals surface area contributed by atoms with E-state index in [1.165, 1.54) is 25.7 Å². The van der Waals surface area contributed by atoms with Crippen LogP contribution in [-0.2, 0) is 4.79 Å². The van der Waals surface area contributed by atoms with Crippen LogP contribution >= 0.6 is 0 Å². The molecule has 0 bridgehead atoms. The molecule has 2 aliphatic rings. The first-order chi connectivity index (χ1) is 8.10. The summed E-state index contributed by atoms with van der Waals surface area (Å²) in [6.07, 6.45) is 9.34. The molecule has 0 aromatic heterocycles. The number of carbonyl (C=O) groups is 1. The Balaban J connectivity index is 1.88. The maximum Gasteiger partial charge on any atom is 0.227 e. The van der Waals surface area contributed by atoms with E-state index in [-0.39, 0.29) is 11.3 Å². The first-order valence-electron chi connectivity index (χ1n) is 7.09. The van der Waals surface area contributed by atoms with Crippen LogP contribution in [0.1, 0.15) is 58.3 Å². The number of hydrogen-bond acceptors (Lipinski definition) is 2. The molecule has 17 heavy (non-hydrogen) atoms. The largest absolute Gasteiger partial charge is 0.355 e. The molecule has 0 atom stereocenters. The van der Waals surface area contributed by atoms with Gasteiger partial charge in [0.2, 0.25) is 5.91 Å². The molecular formula is C14H26N2O. The summed E-state index contributed by atoms with van der Waals surface area (Å²) in [6, 6.07) is 0. The van der Waals surface area contributed by atoms with Crippen LogP contribution in [0.25, 0.3) is 0 Å². The summed E-state index contributed by atoms with van der Waals surface area (Å²) < 4.78 is 0. The minimum Gasteiger partial charge on any atom is -0.355 e. The zero-order valence-corrected chi connectivity index (χ0v) is 11.1. The van der Waals surface area contributed by atoms with E-state index in [4.69, 9.17) is 5.73 Å². The molecule has 1 amide bonds. The van der Waals surface area contributed by atoms with Crippen LogP contribution in [0.4, 0.5) is 0 Å². The van der Waals surface area contributed by atoms with Crippen LogP contribution < -0.4 is 11.1 Å². The molecule has 3 heteroatoms. The van der Waals surface area contributed by atoms with Gasteiger partial charge in [-0.25, -0.2) is 0 Å². The second-order valence-electron chi connectivity index (χ2n) is 6.39. The predicted molar refractivity (Wildman–Crippen MR) is 69.5 cm³/mol. The van der Waals surface area contributed by atoms with Crippen LogP contribution in [0.15, 0.2) is 0 Å². The number of carbonyl (C=O) groups excluding carboxylic acids is 1. The molecule has 0 spiro atoms. The lowest BCUT2D eigenvalue weighted by Crippen LogP contribution is -2.50. The predicted octanol–water partition coefficient (Wildman–Crippen LogP) is 2.20. The Bertz CT molecular complexity index is 278. The van der Waals surface area contributed by atoms with Gasteiger partial charge in [-0.05, 0) is 31.1 Å². The third kappa shape index (κ3) is 2.65. The maximum absolute atomic E-state index is 12.3. The van der Waals surface area contributed by atoms with Crippen molar-refractivity contribution in [2.24, 2.45) is 16.6 Å². The smallest absolute Gasteiger partial charge is 0.227 e. The zero-order valence-electron chi connectivity index (χ0n) is 11.1. The number of nitrogens with one attached hydrogen (secondary N) is 1. The van der Waals surface area contributed by atoms with E-state index in [0.29, 0.717) is 12.0 Å². The van der Waals surface area contributed by atoms with Gasteiger partial charge in [-0.1, -0.05) is 32.6 Å². The van der Waals surface area contributed by atoms with E-state index in [2.05, 4.69) is 12.2 Å². The summed E-state index contributed by atoms with van der Waals surface area (Å²) in [6.45, 7) is 3.62. The zero-order chi connectivity index (χ0) is 12.4. The van der Waals surface area contributed by atoms with Crippen LogP contribution in [0, 0.1) is 10.8 Å². The number of amides is 1. The summed E-state index contributed by atoms with van der Waals surface area (Å²) >= 11 is 0. The van der Waals surface area contributed by atoms with Crippen LogP contribution in [-0.4, -0.2) is 19.0 Å². The molecule has 0 aromatic carbocycles. The van der Waals surface area contributed by atoms with Crippen molar-refractivity contribution in [1.82, 2.24) is 5.32 Å². The normalized spacial score (nSPS) is 26.0. The molecule has 0 heterocycles. The molecular weight excluding hydrogens is 212 g/mol. The SMILES string of the molecule is CC1(CNC(=O)C2(CN)CCCCC2)CCC1. The van der Waals surface area contributed by atoms with E-state index >= 15 is 0 Å². The van der Waals surface area contributed by atoms with Gasteiger partial charge in [-0.15, -0.1) is 0 Å². The van der Waals surface area contributed by atoms with Gasteiger partial charge in [0, 0.05) is 13.1 Å². The molecule has 0 saturated heterocycles. The maximum atomic E-state index is 12.3. The number of hydrogen-bond donors (Lipinski definition) is 2. The van der Waals surface area contributed by atoms with E-state index in [1.54, 1.807) is 0 Å². The van der Waals surface area contributed by atoms with Crippen molar-refractivity contribution in [1.29, 1.82) is 0 Å². The molecule has 3 nitrogen and oxygen atoms in total. The highest BCUT2D eigenvalue weighted by Gasteiger charge is 2.39. The summed E-state index contributed by atoms with van der Waals surface area (Å²) in [4.78, 5) is 12.3. The standard InChI is InChI=1S/C14H26N2O/c1-13(6-5-7-13)11-16-12(17)14(10-15)8-3-2-4-9-14/h2-11,15H2,1H3,(H,16,17). The second-order valence-corrected chi connectivity index (χ2v) is 6.39. The summed E-state index contributed by atoms with van der Waals surface area (Å²) in [5, 5.41) is 3.17. The fourth-order valence-electron chi connectivity index (χ4n) is 3.19. The lowest BCUT2D eigenvalue weighted by Gasteiger charge is -2.40. The van der Waals surface area contributed by atoms with E-state index < -0.39 is 0 Å². The van der Waals surface area contributed by atoms with Crippen molar-refractivity contribution < 1.29 is 4.79 Å².